The predicted octanol–water partition coefficient (Wildman–Crippen LogP) is 5.41. The molecule has 0 bridgehead atoms. The SMILES string of the molecule is CC1(C)CC(N2CCN(C3CC(C)(C)NC(C)(C)C3)P2(=O)Oc2ccccc2)CC(C)(C)N1. The zero-order chi connectivity index (χ0) is 24.3. The number of hydrogen-bond donors (Lipinski definition) is 2. The van der Waals surface area contributed by atoms with Crippen molar-refractivity contribution in [2.24, 2.45) is 0 Å². The quantitative estimate of drug-likeness (QED) is 0.567. The van der Waals surface area contributed by atoms with Crippen LogP contribution in [-0.2, 0) is 4.57 Å². The molecule has 3 fully saturated rings. The summed E-state index contributed by atoms with van der Waals surface area (Å²) >= 11 is 0. The summed E-state index contributed by atoms with van der Waals surface area (Å²) in [5.74, 6) is 0.692. The number of rotatable bonds is 4. The largest absolute Gasteiger partial charge is 0.422 e. The van der Waals surface area contributed by atoms with Crippen molar-refractivity contribution in [3.05, 3.63) is 30.3 Å². The molecule has 1 aromatic rings. The number of nitrogens with zero attached hydrogens (tertiary/aromatic N) is 2. The third-order valence-electron chi connectivity index (χ3n) is 7.36. The van der Waals surface area contributed by atoms with Gasteiger partial charge in [0.2, 0.25) is 0 Å². The molecule has 0 saturated carbocycles. The van der Waals surface area contributed by atoms with Gasteiger partial charge in [0.25, 0.3) is 0 Å². The van der Waals surface area contributed by atoms with Crippen LogP contribution in [0.15, 0.2) is 30.3 Å². The number of benzene rings is 1. The Kier molecular flexibility index (Phi) is 6.37. The number of para-hydroxylation sites is 1. The van der Waals surface area contributed by atoms with E-state index in [0.717, 1.165) is 38.8 Å². The van der Waals surface area contributed by atoms with Crippen LogP contribution in [0.2, 0.25) is 0 Å². The van der Waals surface area contributed by atoms with Gasteiger partial charge in [0.05, 0.1) is 0 Å². The highest BCUT2D eigenvalue weighted by atomic mass is 31.2. The highest BCUT2D eigenvalue weighted by Gasteiger charge is 2.56. The first-order valence-electron chi connectivity index (χ1n) is 12.6. The average molecular weight is 477 g/mol. The lowest BCUT2D eigenvalue weighted by atomic mass is 9.79. The van der Waals surface area contributed by atoms with Crippen LogP contribution in [0.3, 0.4) is 0 Å². The Hall–Kier alpha value is -0.910. The van der Waals surface area contributed by atoms with Crippen molar-refractivity contribution in [3.8, 4) is 5.75 Å². The molecule has 3 aliphatic rings. The third-order valence-corrected chi connectivity index (χ3v) is 10.2. The van der Waals surface area contributed by atoms with Gasteiger partial charge >= 0.3 is 7.67 Å². The maximum atomic E-state index is 15.1. The lowest BCUT2D eigenvalue weighted by molar-refractivity contribution is 0.104. The molecular weight excluding hydrogens is 431 g/mol. The van der Waals surface area contributed by atoms with Gasteiger partial charge < -0.3 is 15.2 Å². The molecule has 6 nitrogen and oxygen atoms in total. The van der Waals surface area contributed by atoms with E-state index < -0.39 is 7.67 Å². The molecule has 0 amide bonds. The molecule has 2 N–H and O–H groups in total. The molecule has 3 aliphatic heterocycles. The van der Waals surface area contributed by atoms with E-state index in [1.165, 1.54) is 0 Å². The van der Waals surface area contributed by atoms with E-state index in [1.807, 2.05) is 30.3 Å². The zero-order valence-corrected chi connectivity index (χ0v) is 22.8. The van der Waals surface area contributed by atoms with Crippen molar-refractivity contribution < 1.29 is 9.09 Å². The highest BCUT2D eigenvalue weighted by Crippen LogP contribution is 2.62. The molecular formula is C26H45N4O2P. The van der Waals surface area contributed by atoms with Crippen LogP contribution in [0.5, 0.6) is 5.75 Å². The first-order valence-corrected chi connectivity index (χ1v) is 14.1. The van der Waals surface area contributed by atoms with Crippen LogP contribution in [0.4, 0.5) is 0 Å². The third kappa shape index (κ3) is 5.51. The van der Waals surface area contributed by atoms with Gasteiger partial charge in [-0.2, -0.15) is 0 Å². The molecule has 3 heterocycles. The standard InChI is InChI=1S/C26H45N4O2P/c1-23(2)16-20(17-24(3,4)27-23)29-14-15-30(21-18-25(5,6)28-26(7,8)19-21)33(29,31)32-22-12-10-9-11-13-22/h9-13,20-21,27-28H,14-19H2,1-8H3. The molecule has 0 atom stereocenters. The van der Waals surface area contributed by atoms with Gasteiger partial charge in [0.1, 0.15) is 5.75 Å². The Morgan fingerprint density at radius 1 is 0.727 bits per heavy atom. The highest BCUT2D eigenvalue weighted by molar-refractivity contribution is 7.54. The summed E-state index contributed by atoms with van der Waals surface area (Å²) in [6, 6.07) is 10.2. The summed E-state index contributed by atoms with van der Waals surface area (Å²) in [7, 11) is -3.26. The van der Waals surface area contributed by atoms with E-state index in [4.69, 9.17) is 4.52 Å². The Morgan fingerprint density at radius 2 is 1.09 bits per heavy atom. The lowest BCUT2D eigenvalue weighted by Gasteiger charge is -2.51. The summed E-state index contributed by atoms with van der Waals surface area (Å²) in [4.78, 5) is 0. The van der Waals surface area contributed by atoms with Gasteiger partial charge in [-0.3, -0.25) is 0 Å². The Morgan fingerprint density at radius 3 is 1.45 bits per heavy atom. The molecule has 0 aromatic heterocycles. The lowest BCUT2D eigenvalue weighted by Crippen LogP contribution is -2.62. The minimum atomic E-state index is -3.26. The summed E-state index contributed by atoms with van der Waals surface area (Å²) in [5, 5.41) is 7.56. The van der Waals surface area contributed by atoms with Gasteiger partial charge in [-0.05, 0) is 93.2 Å². The fourth-order valence-electron chi connectivity index (χ4n) is 7.06. The fourth-order valence-corrected chi connectivity index (χ4v) is 9.80. The van der Waals surface area contributed by atoms with Crippen LogP contribution < -0.4 is 15.2 Å². The molecule has 186 valence electrons. The minimum absolute atomic E-state index is 0.0177. The van der Waals surface area contributed by atoms with E-state index in [9.17, 15) is 0 Å². The molecule has 33 heavy (non-hydrogen) atoms. The molecule has 4 rings (SSSR count). The van der Waals surface area contributed by atoms with Gasteiger partial charge in [-0.1, -0.05) is 18.2 Å². The van der Waals surface area contributed by atoms with Gasteiger partial charge in [0, 0.05) is 47.3 Å². The van der Waals surface area contributed by atoms with Crippen molar-refractivity contribution in [1.29, 1.82) is 0 Å². The maximum absolute atomic E-state index is 15.1. The Balaban J connectivity index is 1.70. The fraction of sp³-hybridized carbons (Fsp3) is 0.769. The second-order valence-electron chi connectivity index (χ2n) is 13.1. The monoisotopic (exact) mass is 476 g/mol. The first-order chi connectivity index (χ1) is 15.1. The van der Waals surface area contributed by atoms with Crippen molar-refractivity contribution >= 4 is 7.67 Å². The minimum Gasteiger partial charge on any atom is -0.422 e. The molecule has 7 heteroatoms. The normalized spacial score (nSPS) is 29.7. The predicted molar refractivity (Wildman–Crippen MR) is 137 cm³/mol. The first kappa shape index (κ1) is 25.2. The second-order valence-corrected chi connectivity index (χ2v) is 15.3. The molecule has 0 aliphatic carbocycles. The average Bonchev–Trinajstić information content (AvgIpc) is 2.94. The molecule has 3 saturated heterocycles. The van der Waals surface area contributed by atoms with Gasteiger partial charge in [-0.25, -0.2) is 13.9 Å². The molecule has 1 aromatic carbocycles. The second kappa shape index (κ2) is 8.34. The van der Waals surface area contributed by atoms with Crippen LogP contribution >= 0.6 is 7.67 Å². The summed E-state index contributed by atoms with van der Waals surface area (Å²) in [6.45, 7) is 19.6. The topological polar surface area (TPSA) is 56.8 Å². The number of hydrogen-bond acceptors (Lipinski definition) is 4. The van der Waals surface area contributed by atoms with Crippen LogP contribution in [0.25, 0.3) is 0 Å². The molecule has 0 unspecified atom stereocenters. The van der Waals surface area contributed by atoms with E-state index in [0.29, 0.717) is 5.75 Å². The maximum Gasteiger partial charge on any atom is 0.396 e. The Labute approximate surface area is 201 Å². The van der Waals surface area contributed by atoms with Crippen LogP contribution in [0.1, 0.15) is 81.1 Å². The van der Waals surface area contributed by atoms with Crippen LogP contribution in [-0.4, -0.2) is 56.7 Å². The van der Waals surface area contributed by atoms with Crippen molar-refractivity contribution in [1.82, 2.24) is 20.0 Å². The Bertz CT molecular complexity index is 817. The summed E-state index contributed by atoms with van der Waals surface area (Å²) in [5.41, 5.74) is -0.0708. The molecule has 0 spiro atoms. The van der Waals surface area contributed by atoms with E-state index >= 15 is 4.57 Å². The van der Waals surface area contributed by atoms with E-state index in [-0.39, 0.29) is 34.2 Å². The number of nitrogens with one attached hydrogen (secondary N) is 2. The van der Waals surface area contributed by atoms with Gasteiger partial charge in [0.15, 0.2) is 0 Å². The van der Waals surface area contributed by atoms with Crippen molar-refractivity contribution in [3.63, 3.8) is 0 Å². The summed E-state index contributed by atoms with van der Waals surface area (Å²) in [6.07, 6.45) is 3.82. The van der Waals surface area contributed by atoms with Crippen LogP contribution in [0, 0.1) is 0 Å². The van der Waals surface area contributed by atoms with Gasteiger partial charge in [-0.15, -0.1) is 0 Å². The van der Waals surface area contributed by atoms with E-state index in [2.05, 4.69) is 75.4 Å². The molecule has 0 radical (unpaired) electrons. The smallest absolute Gasteiger partial charge is 0.396 e. The van der Waals surface area contributed by atoms with Crippen molar-refractivity contribution in [2.45, 2.75) is 115 Å². The van der Waals surface area contributed by atoms with E-state index in [1.54, 1.807) is 0 Å². The van der Waals surface area contributed by atoms with Crippen molar-refractivity contribution in [2.75, 3.05) is 13.1 Å². The number of piperidine rings is 2. The zero-order valence-electron chi connectivity index (χ0n) is 21.9. The summed E-state index contributed by atoms with van der Waals surface area (Å²) < 4.78 is 26.1.